The Balaban J connectivity index is 1.57. The molecule has 8 nitrogen and oxygen atoms in total. The number of cyclic esters (lactones) is 1. The maximum Gasteiger partial charge on any atom is 0.363 e. The summed E-state index contributed by atoms with van der Waals surface area (Å²) in [6.07, 6.45) is 1.59. The van der Waals surface area contributed by atoms with Crippen LogP contribution in [0.1, 0.15) is 23.6 Å². The van der Waals surface area contributed by atoms with Gasteiger partial charge in [0.25, 0.3) is 5.69 Å². The van der Waals surface area contributed by atoms with Crippen molar-refractivity contribution in [2.45, 2.75) is 13.5 Å². The third-order valence-corrected chi connectivity index (χ3v) is 5.87. The maximum absolute atomic E-state index is 12.4. The minimum atomic E-state index is -0.584. The van der Waals surface area contributed by atoms with E-state index in [-0.39, 0.29) is 23.9 Å². The number of carbonyl (C=O) groups is 1. The molecule has 3 aromatic carbocycles. The summed E-state index contributed by atoms with van der Waals surface area (Å²) in [6.45, 7) is 2.35. The van der Waals surface area contributed by atoms with Gasteiger partial charge in [0.15, 0.2) is 17.2 Å². The molecule has 0 N–H and O–H groups in total. The molecular weight excluding hydrogens is 587 g/mol. The average molecular weight is 605 g/mol. The van der Waals surface area contributed by atoms with Crippen molar-refractivity contribution in [1.29, 1.82) is 0 Å². The van der Waals surface area contributed by atoms with Gasteiger partial charge in [-0.1, -0.05) is 29.8 Å². The highest BCUT2D eigenvalue weighted by molar-refractivity contribution is 14.1. The van der Waals surface area contributed by atoms with Crippen LogP contribution in [0.4, 0.5) is 5.69 Å². The predicted molar refractivity (Wildman–Crippen MR) is 140 cm³/mol. The minimum absolute atomic E-state index is 0.00650. The number of rotatable bonds is 8. The Bertz CT molecular complexity index is 1370. The van der Waals surface area contributed by atoms with Gasteiger partial charge in [-0.25, -0.2) is 9.79 Å². The number of non-ortho nitro benzene ring substituents is 1. The van der Waals surface area contributed by atoms with Crippen LogP contribution in [0.3, 0.4) is 0 Å². The van der Waals surface area contributed by atoms with Gasteiger partial charge in [-0.05, 0) is 77.0 Å². The van der Waals surface area contributed by atoms with Gasteiger partial charge in [0, 0.05) is 15.7 Å². The molecular formula is C25H18ClIN2O6. The molecule has 1 aliphatic heterocycles. The molecule has 0 amide bonds. The van der Waals surface area contributed by atoms with Crippen molar-refractivity contribution in [1.82, 2.24) is 0 Å². The lowest BCUT2D eigenvalue weighted by Gasteiger charge is -2.13. The standard InChI is InChI=1S/C25H18ClIN2O6/c1-2-33-23-12-15(6-9-22(23)34-14-16-4-3-5-18(10-16)29(31)32)11-21-25(30)35-24(28-21)19-13-17(27)7-8-20(19)26/h3-13H,2,14H2,1H3/b21-11-. The molecule has 3 aromatic rings. The second-order valence-electron chi connectivity index (χ2n) is 7.32. The molecule has 178 valence electrons. The highest BCUT2D eigenvalue weighted by atomic mass is 127. The van der Waals surface area contributed by atoms with Gasteiger partial charge in [0.2, 0.25) is 5.90 Å². The molecule has 0 atom stereocenters. The first-order chi connectivity index (χ1) is 16.8. The SMILES string of the molecule is CCOc1cc(/C=C2\N=C(c3cc(I)ccc3Cl)OC2=O)ccc1OCc1cccc([N+](=O)[O-])c1. The second kappa shape index (κ2) is 10.9. The molecule has 1 heterocycles. The second-order valence-corrected chi connectivity index (χ2v) is 8.97. The van der Waals surface area contributed by atoms with Crippen molar-refractivity contribution in [3.8, 4) is 11.5 Å². The fourth-order valence-corrected chi connectivity index (χ4v) is 3.96. The summed E-state index contributed by atoms with van der Waals surface area (Å²) >= 11 is 8.39. The lowest BCUT2D eigenvalue weighted by Crippen LogP contribution is -2.06. The molecule has 0 saturated heterocycles. The molecule has 0 fully saturated rings. The molecule has 0 bridgehead atoms. The highest BCUT2D eigenvalue weighted by Crippen LogP contribution is 2.31. The van der Waals surface area contributed by atoms with Gasteiger partial charge in [-0.15, -0.1) is 0 Å². The first-order valence-corrected chi connectivity index (χ1v) is 11.9. The van der Waals surface area contributed by atoms with E-state index < -0.39 is 10.9 Å². The van der Waals surface area contributed by atoms with Gasteiger partial charge >= 0.3 is 5.97 Å². The fraction of sp³-hybridized carbons (Fsp3) is 0.120. The number of hydrogen-bond acceptors (Lipinski definition) is 7. The molecule has 0 aliphatic carbocycles. The van der Waals surface area contributed by atoms with Gasteiger partial charge in [0.1, 0.15) is 6.61 Å². The van der Waals surface area contributed by atoms with E-state index in [2.05, 4.69) is 27.6 Å². The number of nitro benzene ring substituents is 1. The van der Waals surface area contributed by atoms with E-state index in [1.165, 1.54) is 12.1 Å². The third-order valence-electron chi connectivity index (χ3n) is 4.87. The molecule has 0 unspecified atom stereocenters. The highest BCUT2D eigenvalue weighted by Gasteiger charge is 2.26. The first kappa shape index (κ1) is 24.7. The zero-order chi connectivity index (χ0) is 24.9. The Kier molecular flexibility index (Phi) is 7.67. The van der Waals surface area contributed by atoms with Crippen molar-refractivity contribution in [2.24, 2.45) is 4.99 Å². The molecule has 10 heteroatoms. The summed E-state index contributed by atoms with van der Waals surface area (Å²) in [5.41, 5.74) is 1.96. The topological polar surface area (TPSA) is 100 Å². The van der Waals surface area contributed by atoms with Gasteiger partial charge in [0.05, 0.1) is 22.1 Å². The number of esters is 1. The summed E-state index contributed by atoms with van der Waals surface area (Å²) < 4.78 is 17.8. The molecule has 0 aromatic heterocycles. The Morgan fingerprint density at radius 1 is 1.11 bits per heavy atom. The van der Waals surface area contributed by atoms with Crippen LogP contribution in [0.5, 0.6) is 11.5 Å². The number of carbonyl (C=O) groups excluding carboxylic acids is 1. The third kappa shape index (κ3) is 5.98. The maximum atomic E-state index is 12.4. The molecule has 0 radical (unpaired) electrons. The lowest BCUT2D eigenvalue weighted by atomic mass is 10.1. The van der Waals surface area contributed by atoms with Crippen LogP contribution in [-0.2, 0) is 16.1 Å². The van der Waals surface area contributed by atoms with Crippen LogP contribution in [0.15, 0.2) is 71.4 Å². The van der Waals surface area contributed by atoms with Crippen LogP contribution in [0, 0.1) is 13.7 Å². The Hall–Kier alpha value is -3.44. The van der Waals surface area contributed by atoms with E-state index in [0.29, 0.717) is 39.8 Å². The van der Waals surface area contributed by atoms with Crippen molar-refractivity contribution < 1.29 is 23.9 Å². The van der Waals surface area contributed by atoms with Crippen LogP contribution in [-0.4, -0.2) is 23.4 Å². The van der Waals surface area contributed by atoms with Crippen LogP contribution in [0.2, 0.25) is 5.02 Å². The number of halogens is 2. The van der Waals surface area contributed by atoms with Crippen molar-refractivity contribution in [2.75, 3.05) is 6.61 Å². The van der Waals surface area contributed by atoms with Crippen LogP contribution < -0.4 is 9.47 Å². The molecule has 35 heavy (non-hydrogen) atoms. The number of ether oxygens (including phenoxy) is 3. The lowest BCUT2D eigenvalue weighted by molar-refractivity contribution is -0.384. The summed E-state index contributed by atoms with van der Waals surface area (Å²) in [7, 11) is 0. The van der Waals surface area contributed by atoms with Crippen molar-refractivity contribution in [3.05, 3.63) is 102 Å². The van der Waals surface area contributed by atoms with Gasteiger partial charge in [-0.3, -0.25) is 10.1 Å². The first-order valence-electron chi connectivity index (χ1n) is 10.4. The number of hydrogen-bond donors (Lipinski definition) is 0. The Labute approximate surface area is 219 Å². The summed E-state index contributed by atoms with van der Waals surface area (Å²) in [4.78, 5) is 27.3. The Morgan fingerprint density at radius 2 is 1.94 bits per heavy atom. The Morgan fingerprint density at radius 3 is 2.71 bits per heavy atom. The normalized spacial score (nSPS) is 14.0. The zero-order valence-electron chi connectivity index (χ0n) is 18.4. The molecule has 1 aliphatic rings. The summed E-state index contributed by atoms with van der Waals surface area (Å²) in [5, 5.41) is 11.4. The number of benzene rings is 3. The van der Waals surface area contributed by atoms with Gasteiger partial charge in [-0.2, -0.15) is 0 Å². The molecule has 4 rings (SSSR count). The van der Waals surface area contributed by atoms with E-state index in [4.69, 9.17) is 25.8 Å². The van der Waals surface area contributed by atoms with Crippen molar-refractivity contribution in [3.63, 3.8) is 0 Å². The van der Waals surface area contributed by atoms with Crippen LogP contribution >= 0.6 is 34.2 Å². The van der Waals surface area contributed by atoms with E-state index >= 15 is 0 Å². The summed E-state index contributed by atoms with van der Waals surface area (Å²) in [6, 6.07) is 16.8. The van der Waals surface area contributed by atoms with Gasteiger partial charge < -0.3 is 14.2 Å². The largest absolute Gasteiger partial charge is 0.490 e. The van der Waals surface area contributed by atoms with E-state index in [0.717, 1.165) is 3.57 Å². The molecule has 0 saturated carbocycles. The van der Waals surface area contributed by atoms with Crippen LogP contribution in [0.25, 0.3) is 6.08 Å². The number of aliphatic imine (C=N–C) groups is 1. The zero-order valence-corrected chi connectivity index (χ0v) is 21.3. The van der Waals surface area contributed by atoms with Crippen molar-refractivity contribution >= 4 is 57.8 Å². The average Bonchev–Trinajstić information content (AvgIpc) is 3.20. The van der Waals surface area contributed by atoms with E-state index in [1.807, 2.05) is 13.0 Å². The van der Waals surface area contributed by atoms with E-state index in [9.17, 15) is 14.9 Å². The molecule has 0 spiro atoms. The monoisotopic (exact) mass is 604 g/mol. The predicted octanol–water partition coefficient (Wildman–Crippen LogP) is 6.18. The summed E-state index contributed by atoms with van der Waals surface area (Å²) in [5.74, 6) is 0.485. The number of nitro groups is 1. The van der Waals surface area contributed by atoms with E-state index in [1.54, 1.807) is 48.5 Å². The number of nitrogens with zero attached hydrogens (tertiary/aromatic N) is 2. The quantitative estimate of drug-likeness (QED) is 0.100. The fourth-order valence-electron chi connectivity index (χ4n) is 3.27. The minimum Gasteiger partial charge on any atom is -0.490 e. The smallest absolute Gasteiger partial charge is 0.363 e.